The molecule has 7 heteroatoms. The molecule has 0 saturated heterocycles. The SMILES string of the molecule is COc1ccc(CC(=O)O[C@@H](C)C(=O)Nc2cccc(C(C)=O)c2)cc1OC. The second-order valence-corrected chi connectivity index (χ2v) is 6.12. The van der Waals surface area contributed by atoms with Crippen molar-refractivity contribution >= 4 is 23.3 Å². The maximum atomic E-state index is 12.3. The van der Waals surface area contributed by atoms with Crippen molar-refractivity contribution < 1.29 is 28.6 Å². The number of esters is 1. The zero-order valence-electron chi connectivity index (χ0n) is 16.3. The molecule has 2 aromatic carbocycles. The van der Waals surface area contributed by atoms with Crippen LogP contribution in [0.25, 0.3) is 0 Å². The third-order valence-corrected chi connectivity index (χ3v) is 4.01. The van der Waals surface area contributed by atoms with Gasteiger partial charge in [0.25, 0.3) is 5.91 Å². The molecule has 0 bridgehead atoms. The number of Topliss-reactive ketones (excluding diaryl/α,β-unsaturated/α-hetero) is 1. The van der Waals surface area contributed by atoms with Gasteiger partial charge in [0.2, 0.25) is 0 Å². The van der Waals surface area contributed by atoms with Crippen LogP contribution in [0, 0.1) is 0 Å². The summed E-state index contributed by atoms with van der Waals surface area (Å²) in [5.41, 5.74) is 1.61. The molecular weight excluding hydrogens is 362 g/mol. The molecular formula is C21H23NO6. The van der Waals surface area contributed by atoms with Gasteiger partial charge in [0.1, 0.15) is 0 Å². The third-order valence-electron chi connectivity index (χ3n) is 4.01. The minimum atomic E-state index is -0.992. The summed E-state index contributed by atoms with van der Waals surface area (Å²) in [7, 11) is 3.03. The fourth-order valence-electron chi connectivity index (χ4n) is 2.51. The smallest absolute Gasteiger partial charge is 0.311 e. The Bertz CT molecular complexity index is 877. The van der Waals surface area contributed by atoms with Gasteiger partial charge in [0.15, 0.2) is 23.4 Å². The van der Waals surface area contributed by atoms with Crippen LogP contribution in [0.2, 0.25) is 0 Å². The molecule has 2 rings (SSSR count). The zero-order valence-corrected chi connectivity index (χ0v) is 16.3. The van der Waals surface area contributed by atoms with Gasteiger partial charge in [-0.15, -0.1) is 0 Å². The van der Waals surface area contributed by atoms with Gasteiger partial charge in [-0.3, -0.25) is 14.4 Å². The molecule has 1 amide bonds. The Hall–Kier alpha value is -3.35. The van der Waals surface area contributed by atoms with Crippen molar-refractivity contribution in [1.29, 1.82) is 0 Å². The fraction of sp³-hybridized carbons (Fsp3) is 0.286. The Morgan fingerprint density at radius 3 is 2.36 bits per heavy atom. The molecule has 0 aliphatic carbocycles. The number of anilines is 1. The topological polar surface area (TPSA) is 90.9 Å². The lowest BCUT2D eigenvalue weighted by molar-refractivity contribution is -0.152. The zero-order chi connectivity index (χ0) is 20.7. The van der Waals surface area contributed by atoms with E-state index in [1.165, 1.54) is 28.1 Å². The van der Waals surface area contributed by atoms with Crippen LogP contribution in [0.15, 0.2) is 42.5 Å². The number of nitrogens with one attached hydrogen (secondary N) is 1. The van der Waals surface area contributed by atoms with Crippen molar-refractivity contribution in [3.05, 3.63) is 53.6 Å². The Labute approximate surface area is 163 Å². The maximum Gasteiger partial charge on any atom is 0.311 e. The average molecular weight is 385 g/mol. The molecule has 1 N–H and O–H groups in total. The van der Waals surface area contributed by atoms with E-state index in [9.17, 15) is 14.4 Å². The van der Waals surface area contributed by atoms with E-state index in [1.807, 2.05) is 0 Å². The first-order valence-electron chi connectivity index (χ1n) is 8.66. The van der Waals surface area contributed by atoms with Crippen molar-refractivity contribution in [2.24, 2.45) is 0 Å². The first-order valence-corrected chi connectivity index (χ1v) is 8.66. The number of carbonyl (C=O) groups is 3. The van der Waals surface area contributed by atoms with Gasteiger partial charge in [-0.1, -0.05) is 18.2 Å². The molecule has 0 heterocycles. The van der Waals surface area contributed by atoms with Crippen LogP contribution in [-0.4, -0.2) is 38.0 Å². The average Bonchev–Trinajstić information content (AvgIpc) is 2.67. The standard InChI is InChI=1S/C21H23NO6/c1-13(23)16-6-5-7-17(12-16)22-21(25)14(2)28-20(24)11-15-8-9-18(26-3)19(10-15)27-4/h5-10,12,14H,11H2,1-4H3,(H,22,25)/t14-/m0/s1. The van der Waals surface area contributed by atoms with Gasteiger partial charge in [-0.25, -0.2) is 0 Å². The summed E-state index contributed by atoms with van der Waals surface area (Å²) in [6.45, 7) is 2.93. The van der Waals surface area contributed by atoms with E-state index in [2.05, 4.69) is 5.32 Å². The summed E-state index contributed by atoms with van der Waals surface area (Å²) in [6.07, 6.45) is -1.01. The van der Waals surface area contributed by atoms with E-state index in [1.54, 1.807) is 42.5 Å². The summed E-state index contributed by atoms with van der Waals surface area (Å²) >= 11 is 0. The van der Waals surface area contributed by atoms with Crippen LogP contribution in [0.3, 0.4) is 0 Å². The summed E-state index contributed by atoms with van der Waals surface area (Å²) < 4.78 is 15.6. The van der Waals surface area contributed by atoms with Crippen LogP contribution < -0.4 is 14.8 Å². The highest BCUT2D eigenvalue weighted by molar-refractivity contribution is 5.98. The van der Waals surface area contributed by atoms with Crippen molar-refractivity contribution in [3.63, 3.8) is 0 Å². The molecule has 0 radical (unpaired) electrons. The molecule has 0 aliphatic heterocycles. The summed E-state index contributed by atoms with van der Waals surface area (Å²) in [5.74, 6) is -0.0803. The number of carbonyl (C=O) groups excluding carboxylic acids is 3. The molecule has 148 valence electrons. The molecule has 0 aliphatic rings. The molecule has 1 atom stereocenters. The molecule has 0 fully saturated rings. The maximum absolute atomic E-state index is 12.3. The van der Waals surface area contributed by atoms with E-state index in [4.69, 9.17) is 14.2 Å². The summed E-state index contributed by atoms with van der Waals surface area (Å²) in [6, 6.07) is 11.6. The number of hydrogen-bond donors (Lipinski definition) is 1. The van der Waals surface area contributed by atoms with Crippen LogP contribution in [0.1, 0.15) is 29.8 Å². The molecule has 2 aromatic rings. The second-order valence-electron chi connectivity index (χ2n) is 6.12. The largest absolute Gasteiger partial charge is 0.493 e. The monoisotopic (exact) mass is 385 g/mol. The number of hydrogen-bond acceptors (Lipinski definition) is 6. The van der Waals surface area contributed by atoms with E-state index >= 15 is 0 Å². The van der Waals surface area contributed by atoms with E-state index < -0.39 is 18.0 Å². The van der Waals surface area contributed by atoms with Gasteiger partial charge >= 0.3 is 5.97 Å². The van der Waals surface area contributed by atoms with E-state index in [0.29, 0.717) is 28.3 Å². The van der Waals surface area contributed by atoms with Crippen LogP contribution in [0.4, 0.5) is 5.69 Å². The predicted octanol–water partition coefficient (Wildman–Crippen LogP) is 3.02. The van der Waals surface area contributed by atoms with E-state index in [-0.39, 0.29) is 12.2 Å². The number of ether oxygens (including phenoxy) is 3. The van der Waals surface area contributed by atoms with Crippen molar-refractivity contribution in [3.8, 4) is 11.5 Å². The van der Waals surface area contributed by atoms with E-state index in [0.717, 1.165) is 0 Å². The molecule has 0 unspecified atom stereocenters. The Kier molecular flexibility index (Phi) is 7.14. The van der Waals surface area contributed by atoms with Gasteiger partial charge in [-0.05, 0) is 43.7 Å². The second kappa shape index (κ2) is 9.55. The van der Waals surface area contributed by atoms with Gasteiger partial charge < -0.3 is 19.5 Å². The lowest BCUT2D eigenvalue weighted by Crippen LogP contribution is -2.30. The highest BCUT2D eigenvalue weighted by atomic mass is 16.5. The molecule has 0 spiro atoms. The minimum absolute atomic E-state index is 0.0161. The summed E-state index contributed by atoms with van der Waals surface area (Å²) in [5, 5.41) is 2.63. The molecule has 7 nitrogen and oxygen atoms in total. The molecule has 28 heavy (non-hydrogen) atoms. The first-order chi connectivity index (χ1) is 13.3. The predicted molar refractivity (Wildman–Crippen MR) is 104 cm³/mol. The summed E-state index contributed by atoms with van der Waals surface area (Å²) in [4.78, 5) is 35.8. The third kappa shape index (κ3) is 5.57. The highest BCUT2D eigenvalue weighted by Crippen LogP contribution is 2.27. The van der Waals surface area contributed by atoms with Crippen molar-refractivity contribution in [2.45, 2.75) is 26.4 Å². The van der Waals surface area contributed by atoms with Crippen LogP contribution >= 0.6 is 0 Å². The van der Waals surface area contributed by atoms with Gasteiger partial charge in [0, 0.05) is 11.3 Å². The highest BCUT2D eigenvalue weighted by Gasteiger charge is 2.19. The Balaban J connectivity index is 1.95. The number of benzene rings is 2. The Morgan fingerprint density at radius 2 is 1.71 bits per heavy atom. The lowest BCUT2D eigenvalue weighted by atomic mass is 10.1. The quantitative estimate of drug-likeness (QED) is 0.555. The van der Waals surface area contributed by atoms with Gasteiger partial charge in [-0.2, -0.15) is 0 Å². The first kappa shape index (κ1) is 21.0. The number of rotatable bonds is 8. The minimum Gasteiger partial charge on any atom is -0.493 e. The van der Waals surface area contributed by atoms with Crippen molar-refractivity contribution in [1.82, 2.24) is 0 Å². The number of ketones is 1. The lowest BCUT2D eigenvalue weighted by Gasteiger charge is -2.14. The van der Waals surface area contributed by atoms with Crippen LogP contribution in [0.5, 0.6) is 11.5 Å². The normalized spacial score (nSPS) is 11.3. The number of methoxy groups -OCH3 is 2. The molecule has 0 saturated carbocycles. The number of amides is 1. The van der Waals surface area contributed by atoms with Crippen molar-refractivity contribution in [2.75, 3.05) is 19.5 Å². The fourth-order valence-corrected chi connectivity index (χ4v) is 2.51. The molecule has 0 aromatic heterocycles. The Morgan fingerprint density at radius 1 is 1.00 bits per heavy atom. The van der Waals surface area contributed by atoms with Crippen LogP contribution in [-0.2, 0) is 20.7 Å². The van der Waals surface area contributed by atoms with Gasteiger partial charge in [0.05, 0.1) is 20.6 Å².